The maximum absolute atomic E-state index is 14.4. The third-order valence-electron chi connectivity index (χ3n) is 10.7. The third-order valence-corrected chi connectivity index (χ3v) is 10.7. The van der Waals surface area contributed by atoms with Crippen LogP contribution in [0, 0.1) is 17.5 Å². The summed E-state index contributed by atoms with van der Waals surface area (Å²) in [5, 5.41) is 24.3. The Kier molecular flexibility index (Phi) is 12.0. The number of esters is 2. The Balaban J connectivity index is 1.34. The Morgan fingerprint density at radius 3 is 1.22 bits per heavy atom. The zero-order chi connectivity index (χ0) is 42.7. The highest BCUT2D eigenvalue weighted by molar-refractivity contribution is 6.00. The largest absolute Gasteiger partial charge is 0.506 e. The highest BCUT2D eigenvalue weighted by atomic mass is 19.1. The molecule has 3 aromatic carbocycles. The van der Waals surface area contributed by atoms with Crippen LogP contribution in [0.15, 0.2) is 82.4 Å². The minimum absolute atomic E-state index is 0.0453. The van der Waals surface area contributed by atoms with Gasteiger partial charge in [-0.3, -0.25) is 9.59 Å². The lowest BCUT2D eigenvalue weighted by molar-refractivity contribution is 0.0513. The average Bonchev–Trinajstić information content (AvgIpc) is 3.24. The molecule has 0 unspecified atom stereocenters. The Morgan fingerprint density at radius 1 is 0.567 bits per heavy atom. The van der Waals surface area contributed by atoms with E-state index in [4.69, 9.17) is 9.47 Å². The molecule has 0 bridgehead atoms. The first-order chi connectivity index (χ1) is 28.9. The van der Waals surface area contributed by atoms with Crippen molar-refractivity contribution in [2.24, 2.45) is 0 Å². The van der Waals surface area contributed by atoms with Crippen LogP contribution in [0.3, 0.4) is 0 Å². The smallest absolute Gasteiger partial charge is 0.345 e. The van der Waals surface area contributed by atoms with Gasteiger partial charge in [-0.2, -0.15) is 0 Å². The van der Waals surface area contributed by atoms with Crippen LogP contribution in [-0.2, 0) is 9.47 Å². The van der Waals surface area contributed by atoms with E-state index in [-0.39, 0.29) is 68.2 Å². The first-order valence-corrected chi connectivity index (χ1v) is 19.5. The number of benzene rings is 3. The van der Waals surface area contributed by atoms with Crippen molar-refractivity contribution in [3.63, 3.8) is 0 Å². The summed E-state index contributed by atoms with van der Waals surface area (Å²) >= 11 is 0. The van der Waals surface area contributed by atoms with E-state index in [1.807, 2.05) is 9.80 Å². The van der Waals surface area contributed by atoms with Gasteiger partial charge in [0.25, 0.3) is 11.1 Å². The molecule has 4 N–H and O–H groups in total. The summed E-state index contributed by atoms with van der Waals surface area (Å²) in [6.07, 6.45) is 0. The van der Waals surface area contributed by atoms with E-state index < -0.39 is 68.5 Å². The molecule has 5 aromatic rings. The summed E-state index contributed by atoms with van der Waals surface area (Å²) in [6, 6.07) is 16.5. The van der Waals surface area contributed by atoms with Crippen LogP contribution in [-0.4, -0.2) is 97.7 Å². The van der Waals surface area contributed by atoms with Crippen LogP contribution in [0.25, 0.3) is 0 Å². The van der Waals surface area contributed by atoms with Gasteiger partial charge in [-0.25, -0.2) is 22.8 Å². The summed E-state index contributed by atoms with van der Waals surface area (Å²) in [6.45, 7) is 5.50. The first-order valence-electron chi connectivity index (χ1n) is 19.5. The molecule has 7 rings (SSSR count). The number of pyridine rings is 2. The molecule has 314 valence electrons. The van der Waals surface area contributed by atoms with E-state index in [9.17, 15) is 42.6 Å². The van der Waals surface area contributed by atoms with Crippen molar-refractivity contribution < 1.29 is 42.4 Å². The number of nitrogens with one attached hydrogen (secondary N) is 2. The van der Waals surface area contributed by atoms with Crippen LogP contribution >= 0.6 is 0 Å². The van der Waals surface area contributed by atoms with Gasteiger partial charge < -0.3 is 49.3 Å². The number of halogens is 3. The van der Waals surface area contributed by atoms with Crippen molar-refractivity contribution in [1.29, 1.82) is 0 Å². The van der Waals surface area contributed by atoms with E-state index in [1.54, 1.807) is 47.9 Å². The molecule has 2 fully saturated rings. The number of H-pyrrole nitrogens is 2. The quantitative estimate of drug-likeness (QED) is 0.131. The lowest BCUT2D eigenvalue weighted by Gasteiger charge is -2.38. The topological polar surface area (TPSA) is 172 Å². The number of aromatic amines is 2. The predicted molar refractivity (Wildman–Crippen MR) is 218 cm³/mol. The summed E-state index contributed by atoms with van der Waals surface area (Å²) < 4.78 is 52.3. The number of carbonyl (C=O) groups is 2. The highest BCUT2D eigenvalue weighted by Crippen LogP contribution is 2.43. The summed E-state index contributed by atoms with van der Waals surface area (Å²) in [7, 11) is 0. The normalized spacial score (nSPS) is 14.4. The standard InChI is InChI=1S/C43H43F3N6O8/c1-3-59-42(57)34-36(53)32(40(55)47-38(34)51-21-17-49(18-22-51)29-13-9-27(45)10-14-29)31(25-5-7-26(44)8-6-25)33-37(54)35(43(58)60-4-2)39(48-41(33)56)52-23-19-50(20-24-52)30-15-11-28(46)12-16-30/h5-16,31H,3-4,17-24H2,1-2H3,(H2,47,53,55)(H2,48,54,56). The zero-order valence-corrected chi connectivity index (χ0v) is 32.8. The number of hydrogen-bond donors (Lipinski definition) is 4. The molecule has 2 aliphatic heterocycles. The van der Waals surface area contributed by atoms with Crippen molar-refractivity contribution in [1.82, 2.24) is 9.97 Å². The summed E-state index contributed by atoms with van der Waals surface area (Å²) in [5.74, 6) is -6.96. The number of piperazine rings is 2. The van der Waals surface area contributed by atoms with Crippen LogP contribution in [0.1, 0.15) is 57.2 Å². The van der Waals surface area contributed by atoms with Gasteiger partial charge in [-0.1, -0.05) is 12.1 Å². The van der Waals surface area contributed by atoms with Gasteiger partial charge in [-0.15, -0.1) is 0 Å². The second kappa shape index (κ2) is 17.5. The number of carbonyl (C=O) groups excluding carboxylic acids is 2. The SMILES string of the molecule is CCOC(=O)c1c(N2CCN(c3ccc(F)cc3)CC2)[nH]c(=O)c(C(c2ccc(F)cc2)c2c(O)c(C(=O)OCC)c(N3CCN(c4ccc(F)cc4)CC3)[nH]c2=O)c1O. The maximum atomic E-state index is 14.4. The van der Waals surface area contributed by atoms with Crippen LogP contribution < -0.4 is 30.7 Å². The van der Waals surface area contributed by atoms with Crippen molar-refractivity contribution in [2.75, 3.05) is 85.2 Å². The maximum Gasteiger partial charge on any atom is 0.345 e. The van der Waals surface area contributed by atoms with E-state index >= 15 is 0 Å². The lowest BCUT2D eigenvalue weighted by atomic mass is 9.83. The molecule has 2 saturated heterocycles. The minimum atomic E-state index is -1.69. The van der Waals surface area contributed by atoms with Crippen molar-refractivity contribution in [3.8, 4) is 11.5 Å². The number of anilines is 4. The Labute approximate surface area is 342 Å². The fourth-order valence-electron chi connectivity index (χ4n) is 7.80. The number of nitrogens with zero attached hydrogens (tertiary/aromatic N) is 4. The van der Waals surface area contributed by atoms with Gasteiger partial charge in [0.05, 0.1) is 30.3 Å². The van der Waals surface area contributed by atoms with E-state index in [2.05, 4.69) is 9.97 Å². The van der Waals surface area contributed by atoms with Crippen LogP contribution in [0.4, 0.5) is 36.2 Å². The van der Waals surface area contributed by atoms with Crippen molar-refractivity contribution in [2.45, 2.75) is 19.8 Å². The molecule has 0 amide bonds. The lowest BCUT2D eigenvalue weighted by Crippen LogP contribution is -2.48. The molecule has 0 radical (unpaired) electrons. The van der Waals surface area contributed by atoms with Gasteiger partial charge >= 0.3 is 11.9 Å². The van der Waals surface area contributed by atoms with E-state index in [0.717, 1.165) is 23.5 Å². The Morgan fingerprint density at radius 2 is 0.883 bits per heavy atom. The number of hydrogen-bond acceptors (Lipinski definition) is 12. The second-order valence-electron chi connectivity index (χ2n) is 14.2. The molecular formula is C43H43F3N6O8. The first kappa shape index (κ1) is 41.3. The zero-order valence-electron chi connectivity index (χ0n) is 32.8. The van der Waals surface area contributed by atoms with Crippen LogP contribution in [0.5, 0.6) is 11.5 Å². The predicted octanol–water partition coefficient (Wildman–Crippen LogP) is 5.08. The summed E-state index contributed by atoms with van der Waals surface area (Å²) in [5.41, 5.74) is -2.31. The second-order valence-corrected chi connectivity index (χ2v) is 14.2. The van der Waals surface area contributed by atoms with Gasteiger partial charge in [0.15, 0.2) is 0 Å². The third kappa shape index (κ3) is 8.19. The molecule has 0 aliphatic carbocycles. The minimum Gasteiger partial charge on any atom is -0.506 e. The number of aromatic hydroxyl groups is 2. The monoisotopic (exact) mass is 828 g/mol. The molecule has 0 saturated carbocycles. The molecule has 4 heterocycles. The van der Waals surface area contributed by atoms with Gasteiger partial charge in [0, 0.05) is 63.7 Å². The Bertz CT molecular complexity index is 2330. The van der Waals surface area contributed by atoms with Crippen molar-refractivity contribution >= 4 is 34.9 Å². The Hall–Kier alpha value is -6.91. The fraction of sp³-hybridized carbons (Fsp3) is 0.302. The number of ether oxygens (including phenoxy) is 2. The fourth-order valence-corrected chi connectivity index (χ4v) is 7.80. The molecule has 60 heavy (non-hydrogen) atoms. The number of aromatic nitrogens is 2. The molecule has 0 spiro atoms. The average molecular weight is 829 g/mol. The molecule has 17 heteroatoms. The van der Waals surface area contributed by atoms with Gasteiger partial charge in [0.2, 0.25) is 0 Å². The highest BCUT2D eigenvalue weighted by Gasteiger charge is 2.38. The molecule has 2 aromatic heterocycles. The van der Waals surface area contributed by atoms with Gasteiger partial charge in [0.1, 0.15) is 51.7 Å². The number of rotatable bonds is 11. The van der Waals surface area contributed by atoms with E-state index in [1.165, 1.54) is 36.4 Å². The van der Waals surface area contributed by atoms with E-state index in [0.29, 0.717) is 26.2 Å². The van der Waals surface area contributed by atoms with Gasteiger partial charge in [-0.05, 0) is 80.1 Å². The molecule has 2 aliphatic rings. The molecule has 0 atom stereocenters. The molecule has 14 nitrogen and oxygen atoms in total. The van der Waals surface area contributed by atoms with Crippen LogP contribution in [0.2, 0.25) is 0 Å². The summed E-state index contributed by atoms with van der Waals surface area (Å²) in [4.78, 5) is 69.0. The van der Waals surface area contributed by atoms with Crippen molar-refractivity contribution in [3.05, 3.63) is 139 Å². The molecular weight excluding hydrogens is 786 g/mol.